The third-order valence-corrected chi connectivity index (χ3v) is 9.33. The smallest absolute Gasteiger partial charge is 0.264 e. The number of nitrogens with one attached hydrogen (secondary N) is 1. The van der Waals surface area contributed by atoms with Gasteiger partial charge in [0, 0.05) is 29.6 Å². The van der Waals surface area contributed by atoms with Crippen LogP contribution >= 0.6 is 23.2 Å². The molecular formula is C33H33Cl2N3O4S. The van der Waals surface area contributed by atoms with Crippen molar-refractivity contribution < 1.29 is 18.0 Å². The number of aryl methyl sites for hydroxylation is 1. The van der Waals surface area contributed by atoms with Gasteiger partial charge in [-0.3, -0.25) is 13.9 Å². The number of amides is 2. The Morgan fingerprint density at radius 3 is 2.09 bits per heavy atom. The molecule has 0 spiro atoms. The summed E-state index contributed by atoms with van der Waals surface area (Å²) in [4.78, 5) is 29.3. The summed E-state index contributed by atoms with van der Waals surface area (Å²) >= 11 is 12.6. The lowest BCUT2D eigenvalue weighted by molar-refractivity contribution is -0.140. The van der Waals surface area contributed by atoms with Crippen LogP contribution < -0.4 is 9.62 Å². The maximum absolute atomic E-state index is 14.4. The first-order chi connectivity index (χ1) is 20.6. The molecule has 0 heterocycles. The van der Waals surface area contributed by atoms with Crippen LogP contribution in [-0.2, 0) is 32.6 Å². The van der Waals surface area contributed by atoms with Gasteiger partial charge in [0.15, 0.2) is 0 Å². The van der Waals surface area contributed by atoms with E-state index >= 15 is 0 Å². The molecule has 1 atom stereocenters. The van der Waals surface area contributed by atoms with Crippen LogP contribution in [0.25, 0.3) is 0 Å². The molecule has 43 heavy (non-hydrogen) atoms. The minimum Gasteiger partial charge on any atom is -0.355 e. The molecule has 1 N–H and O–H groups in total. The zero-order valence-corrected chi connectivity index (χ0v) is 26.2. The third kappa shape index (κ3) is 8.16. The van der Waals surface area contributed by atoms with E-state index in [0.29, 0.717) is 22.2 Å². The first kappa shape index (κ1) is 32.1. The minimum absolute atomic E-state index is 0.00776. The highest BCUT2D eigenvalue weighted by Gasteiger charge is 2.34. The Bertz CT molecular complexity index is 1650. The monoisotopic (exact) mass is 637 g/mol. The molecule has 2 amide bonds. The van der Waals surface area contributed by atoms with Gasteiger partial charge in [0.25, 0.3) is 10.0 Å². The molecule has 224 valence electrons. The standard InChI is InChI=1S/C33H33Cl2N3O4S/c1-3-36-33(40)31(21-25-9-5-4-6-10-25)37(22-26-11-7-8-12-30(26)35)32(39)23-38(28-17-15-27(34)16-18-28)43(41,42)29-19-13-24(2)14-20-29/h4-20,31H,3,21-23H2,1-2H3,(H,36,40)/t31-/m1/s1. The van der Waals surface area contributed by atoms with Gasteiger partial charge in [0.1, 0.15) is 12.6 Å². The van der Waals surface area contributed by atoms with Crippen LogP contribution in [0, 0.1) is 6.92 Å². The highest BCUT2D eigenvalue weighted by Crippen LogP contribution is 2.27. The molecule has 0 unspecified atom stereocenters. The first-order valence-electron chi connectivity index (χ1n) is 13.8. The first-order valence-corrected chi connectivity index (χ1v) is 16.0. The maximum atomic E-state index is 14.4. The summed E-state index contributed by atoms with van der Waals surface area (Å²) in [5.41, 5.74) is 2.62. The highest BCUT2D eigenvalue weighted by molar-refractivity contribution is 7.92. The van der Waals surface area contributed by atoms with Gasteiger partial charge in [-0.2, -0.15) is 0 Å². The number of carbonyl (C=O) groups excluding carboxylic acids is 2. The van der Waals surface area contributed by atoms with E-state index in [2.05, 4.69) is 5.32 Å². The van der Waals surface area contributed by atoms with Crippen LogP contribution in [0.4, 0.5) is 5.69 Å². The lowest BCUT2D eigenvalue weighted by atomic mass is 10.0. The number of hydrogen-bond acceptors (Lipinski definition) is 4. The van der Waals surface area contributed by atoms with Gasteiger partial charge in [0.2, 0.25) is 11.8 Å². The van der Waals surface area contributed by atoms with Crippen LogP contribution in [0.15, 0.2) is 108 Å². The predicted octanol–water partition coefficient (Wildman–Crippen LogP) is 6.27. The van der Waals surface area contributed by atoms with E-state index in [9.17, 15) is 18.0 Å². The molecule has 0 aliphatic rings. The third-order valence-electron chi connectivity index (χ3n) is 6.92. The number of halogens is 2. The Labute approximate surface area is 263 Å². The van der Waals surface area contributed by atoms with Crippen molar-refractivity contribution in [3.05, 3.63) is 130 Å². The normalized spacial score (nSPS) is 11.9. The van der Waals surface area contributed by atoms with Crippen molar-refractivity contribution in [3.63, 3.8) is 0 Å². The van der Waals surface area contributed by atoms with Crippen LogP contribution in [0.3, 0.4) is 0 Å². The number of nitrogens with zero attached hydrogens (tertiary/aromatic N) is 2. The molecule has 7 nitrogen and oxygen atoms in total. The van der Waals surface area contributed by atoms with Gasteiger partial charge in [-0.25, -0.2) is 8.42 Å². The molecule has 4 aromatic rings. The fraction of sp³-hybridized carbons (Fsp3) is 0.212. The fourth-order valence-corrected chi connectivity index (χ4v) is 6.37. The number of carbonyl (C=O) groups is 2. The van der Waals surface area contributed by atoms with E-state index < -0.39 is 28.5 Å². The van der Waals surface area contributed by atoms with E-state index in [-0.39, 0.29) is 29.5 Å². The van der Waals surface area contributed by atoms with Crippen LogP contribution in [0.1, 0.15) is 23.6 Å². The maximum Gasteiger partial charge on any atom is 0.264 e. The summed E-state index contributed by atoms with van der Waals surface area (Å²) < 4.78 is 29.1. The molecule has 0 aromatic heterocycles. The average molecular weight is 639 g/mol. The van der Waals surface area contributed by atoms with Gasteiger partial charge >= 0.3 is 0 Å². The molecule has 0 aliphatic carbocycles. The van der Waals surface area contributed by atoms with E-state index in [1.165, 1.54) is 17.0 Å². The molecule has 0 bridgehead atoms. The molecule has 0 saturated carbocycles. The van der Waals surface area contributed by atoms with Gasteiger partial charge in [-0.05, 0) is 67.4 Å². The quantitative estimate of drug-likeness (QED) is 0.198. The Balaban J connectivity index is 1.80. The van der Waals surface area contributed by atoms with Crippen molar-refractivity contribution in [2.75, 3.05) is 17.4 Å². The van der Waals surface area contributed by atoms with E-state index in [0.717, 1.165) is 15.4 Å². The van der Waals surface area contributed by atoms with Crippen molar-refractivity contribution in [3.8, 4) is 0 Å². The Kier molecular flexibility index (Phi) is 10.9. The SMILES string of the molecule is CCNC(=O)[C@@H](Cc1ccccc1)N(Cc1ccccc1Cl)C(=O)CN(c1ccc(Cl)cc1)S(=O)(=O)c1ccc(C)cc1. The van der Waals surface area contributed by atoms with Gasteiger partial charge in [-0.1, -0.05) is 89.4 Å². The Morgan fingerprint density at radius 2 is 1.47 bits per heavy atom. The van der Waals surface area contributed by atoms with Gasteiger partial charge < -0.3 is 10.2 Å². The van der Waals surface area contributed by atoms with Crippen molar-refractivity contribution >= 4 is 50.7 Å². The van der Waals surface area contributed by atoms with Crippen molar-refractivity contribution in [1.29, 1.82) is 0 Å². The molecule has 4 rings (SSSR count). The topological polar surface area (TPSA) is 86.8 Å². The molecule has 0 radical (unpaired) electrons. The predicted molar refractivity (Wildman–Crippen MR) is 172 cm³/mol. The van der Waals surface area contributed by atoms with E-state index in [1.54, 1.807) is 67.6 Å². The Morgan fingerprint density at radius 1 is 0.837 bits per heavy atom. The van der Waals surface area contributed by atoms with Crippen molar-refractivity contribution in [2.24, 2.45) is 0 Å². The molecule has 0 saturated heterocycles. The summed E-state index contributed by atoms with van der Waals surface area (Å²) in [5.74, 6) is -0.927. The molecular weight excluding hydrogens is 605 g/mol. The number of sulfonamides is 1. The molecule has 0 fully saturated rings. The number of hydrogen-bond donors (Lipinski definition) is 1. The van der Waals surface area contributed by atoms with Gasteiger partial charge in [0.05, 0.1) is 10.6 Å². The van der Waals surface area contributed by atoms with Crippen molar-refractivity contribution in [1.82, 2.24) is 10.2 Å². The lowest BCUT2D eigenvalue weighted by Gasteiger charge is -2.34. The second-order valence-electron chi connectivity index (χ2n) is 10.0. The number of benzene rings is 4. The summed E-state index contributed by atoms with van der Waals surface area (Å²) in [6.07, 6.45) is 0.217. The average Bonchev–Trinajstić information content (AvgIpc) is 3.00. The molecule has 10 heteroatoms. The largest absolute Gasteiger partial charge is 0.355 e. The van der Waals surface area contributed by atoms with Crippen LogP contribution in [0.2, 0.25) is 10.0 Å². The zero-order chi connectivity index (χ0) is 31.0. The van der Waals surface area contributed by atoms with Crippen LogP contribution in [0.5, 0.6) is 0 Å². The number of anilines is 1. The number of likely N-dealkylation sites (N-methyl/N-ethyl adjacent to an activating group) is 1. The summed E-state index contributed by atoms with van der Waals surface area (Å²) in [6, 6.07) is 28.1. The fourth-order valence-electron chi connectivity index (χ4n) is 4.63. The van der Waals surface area contributed by atoms with Gasteiger partial charge in [-0.15, -0.1) is 0 Å². The molecule has 0 aliphatic heterocycles. The molecule has 4 aromatic carbocycles. The summed E-state index contributed by atoms with van der Waals surface area (Å²) in [5, 5.41) is 3.69. The minimum atomic E-state index is -4.19. The highest BCUT2D eigenvalue weighted by atomic mass is 35.5. The van der Waals surface area contributed by atoms with E-state index in [1.807, 2.05) is 37.3 Å². The van der Waals surface area contributed by atoms with Crippen molar-refractivity contribution in [2.45, 2.75) is 37.8 Å². The second kappa shape index (κ2) is 14.6. The number of rotatable bonds is 12. The Hall–Kier alpha value is -3.85. The zero-order valence-electron chi connectivity index (χ0n) is 23.9. The summed E-state index contributed by atoms with van der Waals surface area (Å²) in [6.45, 7) is 3.45. The summed E-state index contributed by atoms with van der Waals surface area (Å²) in [7, 11) is -4.19. The second-order valence-corrected chi connectivity index (χ2v) is 12.7. The lowest BCUT2D eigenvalue weighted by Crippen LogP contribution is -2.53. The van der Waals surface area contributed by atoms with Crippen LogP contribution in [-0.4, -0.2) is 44.3 Å². The van der Waals surface area contributed by atoms with E-state index in [4.69, 9.17) is 23.2 Å².